The molecule has 16 nitrogen and oxygen atoms in total. The maximum atomic E-state index is 9.19. The molecule has 0 saturated carbocycles. The number of aliphatic hydroxyl groups is 4. The average molecular weight is 836 g/mol. The van der Waals surface area contributed by atoms with E-state index in [-0.39, 0.29) is 69.3 Å². The standard InChI is InChI=1S/C23H19N3O2.2C6H10O3.C4H8O4.C4H6O.CH4/c1-3-8-16(9-4-1)20-14-27-22(25-20)18-12-7-13-19(24-18)23-26-21(15-28-23)17-10-5-2-6-11-17;2*7-5-3-9-6-4(5)1-2-8-6;5-3-1-7-4(6)2-8-3;1-2-4-5-3-1;/h1-13,20-21H,14-15H2;2*4-7H,1-3H2;3-6H,1-2H2;1,3H,2,4H2;1H4/t20-,21-;2*4-,5-,6+;;;/m110.../s1. The molecule has 9 heterocycles. The Hall–Kier alpha value is -4.33. The summed E-state index contributed by atoms with van der Waals surface area (Å²) in [5.41, 5.74) is 3.68. The van der Waals surface area contributed by atoms with E-state index in [0.717, 1.165) is 50.2 Å². The van der Waals surface area contributed by atoms with Gasteiger partial charge in [0.15, 0.2) is 25.2 Å². The van der Waals surface area contributed by atoms with Crippen LogP contribution in [-0.2, 0) is 42.6 Å². The number of pyridine rings is 1. The Morgan fingerprint density at radius 2 is 0.983 bits per heavy atom. The van der Waals surface area contributed by atoms with Gasteiger partial charge in [-0.1, -0.05) is 74.2 Å². The predicted octanol–water partition coefficient (Wildman–Crippen LogP) is 3.82. The van der Waals surface area contributed by atoms with Crippen LogP contribution in [0.5, 0.6) is 0 Å². The monoisotopic (exact) mass is 835 g/mol. The first kappa shape index (κ1) is 45.2. The normalized spacial score (nSPS) is 31.5. The molecule has 0 spiro atoms. The van der Waals surface area contributed by atoms with E-state index in [0.29, 0.717) is 49.6 Å². The molecule has 8 aliphatic heterocycles. The Morgan fingerprint density at radius 3 is 1.37 bits per heavy atom. The number of benzene rings is 2. The third-order valence-electron chi connectivity index (χ3n) is 10.3. The van der Waals surface area contributed by atoms with Crippen molar-refractivity contribution in [3.63, 3.8) is 0 Å². The maximum Gasteiger partial charge on any atom is 0.236 e. The van der Waals surface area contributed by atoms with Crippen LogP contribution in [0.15, 0.2) is 101 Å². The lowest BCUT2D eigenvalue weighted by atomic mass is 10.0. The summed E-state index contributed by atoms with van der Waals surface area (Å²) in [5.74, 6) is 1.64. The fourth-order valence-corrected chi connectivity index (χ4v) is 7.10. The van der Waals surface area contributed by atoms with Crippen LogP contribution in [-0.4, -0.2) is 134 Å². The number of rotatable bonds is 4. The second-order valence-corrected chi connectivity index (χ2v) is 14.5. The van der Waals surface area contributed by atoms with E-state index in [4.69, 9.17) is 53.4 Å². The highest BCUT2D eigenvalue weighted by molar-refractivity contribution is 5.97. The molecule has 326 valence electrons. The molecule has 5 fully saturated rings. The molecule has 60 heavy (non-hydrogen) atoms. The van der Waals surface area contributed by atoms with Crippen molar-refractivity contribution in [1.82, 2.24) is 4.98 Å². The zero-order valence-corrected chi connectivity index (χ0v) is 32.7. The largest absolute Gasteiger partial charge is 0.501 e. The van der Waals surface area contributed by atoms with Gasteiger partial charge in [-0.15, -0.1) is 0 Å². The molecule has 0 radical (unpaired) electrons. The van der Waals surface area contributed by atoms with Crippen LogP contribution in [0.4, 0.5) is 0 Å². The van der Waals surface area contributed by atoms with Gasteiger partial charge < -0.3 is 63.1 Å². The topological polar surface area (TPSA) is 202 Å². The van der Waals surface area contributed by atoms with E-state index in [2.05, 4.69) is 38.7 Å². The predicted molar refractivity (Wildman–Crippen MR) is 218 cm³/mol. The van der Waals surface area contributed by atoms with E-state index in [1.165, 1.54) is 0 Å². The summed E-state index contributed by atoms with van der Waals surface area (Å²) >= 11 is 0. The summed E-state index contributed by atoms with van der Waals surface area (Å²) in [6, 6.07) is 26.1. The van der Waals surface area contributed by atoms with E-state index in [9.17, 15) is 10.2 Å². The Balaban J connectivity index is 0.000000152. The molecule has 11 rings (SSSR count). The highest BCUT2D eigenvalue weighted by atomic mass is 16.7. The van der Waals surface area contributed by atoms with Gasteiger partial charge in [0.25, 0.3) is 0 Å². The summed E-state index contributed by atoms with van der Waals surface area (Å²) in [4.78, 5) is 14.1. The molecule has 2 unspecified atom stereocenters. The number of hydrogen-bond donors (Lipinski definition) is 4. The zero-order chi connectivity index (χ0) is 40.8. The van der Waals surface area contributed by atoms with Gasteiger partial charge in [-0.2, -0.15) is 0 Å². The Bertz CT molecular complexity index is 1690. The Labute approximate surface area is 350 Å². The van der Waals surface area contributed by atoms with Crippen molar-refractivity contribution in [2.75, 3.05) is 59.5 Å². The fourth-order valence-electron chi connectivity index (χ4n) is 7.10. The zero-order valence-electron chi connectivity index (χ0n) is 32.7. The van der Waals surface area contributed by atoms with Crippen LogP contribution in [0.2, 0.25) is 0 Å². The summed E-state index contributed by atoms with van der Waals surface area (Å²) in [7, 11) is 0. The molecular formula is C44H57N3O13. The highest BCUT2D eigenvalue weighted by Gasteiger charge is 2.41. The Morgan fingerprint density at radius 1 is 0.500 bits per heavy atom. The van der Waals surface area contributed by atoms with Gasteiger partial charge in [-0.25, -0.2) is 15.0 Å². The smallest absolute Gasteiger partial charge is 0.236 e. The number of aliphatic imine (C=N–C) groups is 2. The van der Waals surface area contributed by atoms with Gasteiger partial charge >= 0.3 is 0 Å². The molecule has 10 atom stereocenters. The molecule has 2 aromatic carbocycles. The first-order valence-electron chi connectivity index (χ1n) is 20.1. The quantitative estimate of drug-likeness (QED) is 0.296. The minimum Gasteiger partial charge on any atom is -0.501 e. The summed E-state index contributed by atoms with van der Waals surface area (Å²) in [5, 5.41) is 35.5. The fraction of sp³-hybridized carbons (Fsp3) is 0.523. The van der Waals surface area contributed by atoms with Crippen LogP contribution in [0, 0.1) is 11.8 Å². The first-order valence-corrected chi connectivity index (χ1v) is 20.1. The van der Waals surface area contributed by atoms with Gasteiger partial charge in [0, 0.05) is 18.3 Å². The molecule has 0 bridgehead atoms. The SMILES string of the molecule is C.C1=COCC1.OC1COC(O)CO1.O[C@@H]1CO[C@@H]2OCC[C@@H]21.O[C@H]1CO[C@H]2OCC[C@H]21.c1ccc([C@H]2COC(c3cccc(C4=N[C@@H](c5ccccc5)CO4)n3)=N2)cc1. The van der Waals surface area contributed by atoms with Crippen molar-refractivity contribution in [1.29, 1.82) is 0 Å². The molecule has 8 aliphatic rings. The van der Waals surface area contributed by atoms with Gasteiger partial charge in [0.1, 0.15) is 49.9 Å². The minimum absolute atomic E-state index is 0. The van der Waals surface area contributed by atoms with E-state index < -0.39 is 12.6 Å². The van der Waals surface area contributed by atoms with Gasteiger partial charge in [-0.05, 0) is 42.2 Å². The summed E-state index contributed by atoms with van der Waals surface area (Å²) in [6.07, 6.45) is 4.27. The van der Waals surface area contributed by atoms with Crippen molar-refractivity contribution in [2.24, 2.45) is 21.8 Å². The first-order chi connectivity index (χ1) is 28.9. The van der Waals surface area contributed by atoms with Crippen molar-refractivity contribution in [3.05, 3.63) is 114 Å². The second kappa shape index (κ2) is 23.0. The number of aliphatic hydroxyl groups excluding tert-OH is 4. The van der Waals surface area contributed by atoms with Crippen LogP contribution in [0.1, 0.15) is 61.3 Å². The summed E-state index contributed by atoms with van der Waals surface area (Å²) in [6.45, 7) is 4.45. The van der Waals surface area contributed by atoms with Crippen molar-refractivity contribution in [2.45, 2.75) is 76.1 Å². The molecule has 5 saturated heterocycles. The highest BCUT2D eigenvalue weighted by Crippen LogP contribution is 2.32. The molecule has 1 aromatic heterocycles. The van der Waals surface area contributed by atoms with Crippen LogP contribution in [0.3, 0.4) is 0 Å². The average Bonchev–Trinajstić information content (AvgIpc) is 4.14. The van der Waals surface area contributed by atoms with Crippen LogP contribution in [0.25, 0.3) is 0 Å². The molecule has 4 N–H and O–H groups in total. The summed E-state index contributed by atoms with van der Waals surface area (Å²) < 4.78 is 46.1. The van der Waals surface area contributed by atoms with Gasteiger partial charge in [-0.3, -0.25) is 0 Å². The number of nitrogens with zero attached hydrogens (tertiary/aromatic N) is 3. The van der Waals surface area contributed by atoms with Gasteiger partial charge in [0.05, 0.1) is 51.5 Å². The Kier molecular flexibility index (Phi) is 17.4. The maximum absolute atomic E-state index is 9.19. The lowest BCUT2D eigenvalue weighted by molar-refractivity contribution is -0.263. The number of hydrogen-bond acceptors (Lipinski definition) is 16. The van der Waals surface area contributed by atoms with E-state index >= 15 is 0 Å². The number of ether oxygens (including phenoxy) is 9. The third-order valence-corrected chi connectivity index (χ3v) is 10.3. The van der Waals surface area contributed by atoms with Crippen LogP contribution >= 0.6 is 0 Å². The molecule has 16 heteroatoms. The minimum atomic E-state index is -0.863. The molecular weight excluding hydrogens is 778 g/mol. The molecule has 0 aliphatic carbocycles. The van der Waals surface area contributed by atoms with E-state index in [1.54, 1.807) is 6.26 Å². The number of aromatic nitrogens is 1. The van der Waals surface area contributed by atoms with Crippen molar-refractivity contribution in [3.8, 4) is 0 Å². The second-order valence-electron chi connectivity index (χ2n) is 14.5. The number of fused-ring (bicyclic) bond motifs is 2. The lowest BCUT2D eigenvalue weighted by Gasteiger charge is -2.22. The third kappa shape index (κ3) is 12.6. The molecule has 0 amide bonds. The van der Waals surface area contributed by atoms with Crippen molar-refractivity contribution < 1.29 is 63.1 Å². The van der Waals surface area contributed by atoms with Crippen molar-refractivity contribution >= 4 is 11.8 Å². The van der Waals surface area contributed by atoms with Gasteiger partial charge in [0.2, 0.25) is 11.8 Å². The van der Waals surface area contributed by atoms with E-state index in [1.807, 2.05) is 60.7 Å². The lowest BCUT2D eigenvalue weighted by Crippen LogP contribution is -2.34. The molecule has 3 aromatic rings. The van der Waals surface area contributed by atoms with Crippen LogP contribution < -0.4 is 0 Å².